The van der Waals surface area contributed by atoms with E-state index in [-0.39, 0.29) is 0 Å². The zero-order valence-corrected chi connectivity index (χ0v) is 12.5. The normalized spacial score (nSPS) is 11.4. The Labute approximate surface area is 128 Å². The van der Waals surface area contributed by atoms with Gasteiger partial charge in [-0.2, -0.15) is 0 Å². The molecule has 1 heterocycles. The van der Waals surface area contributed by atoms with Gasteiger partial charge in [0.05, 0.1) is 6.54 Å². The highest BCUT2D eigenvalue weighted by atomic mass is 35.5. The molecule has 0 aliphatic heterocycles. The van der Waals surface area contributed by atoms with Crippen LogP contribution >= 0.6 is 11.6 Å². The SMILES string of the molecule is CN(Cc1ccc(Cl)cc1)Cc1nc2ccc(N)cc2o1. The number of nitrogens with two attached hydrogens (primary N) is 1. The lowest BCUT2D eigenvalue weighted by Crippen LogP contribution is -2.17. The third-order valence-corrected chi connectivity index (χ3v) is 3.48. The van der Waals surface area contributed by atoms with Crippen LogP contribution in [0.25, 0.3) is 11.1 Å². The first-order valence-corrected chi connectivity index (χ1v) is 7.06. The molecular formula is C16H16ClN3O. The molecule has 0 saturated heterocycles. The molecule has 0 unspecified atom stereocenters. The molecule has 0 fully saturated rings. The van der Waals surface area contributed by atoms with Gasteiger partial charge in [0.1, 0.15) is 5.52 Å². The van der Waals surface area contributed by atoms with Gasteiger partial charge in [-0.3, -0.25) is 4.90 Å². The minimum absolute atomic E-state index is 0.636. The van der Waals surface area contributed by atoms with E-state index in [9.17, 15) is 0 Å². The lowest BCUT2D eigenvalue weighted by molar-refractivity contribution is 0.285. The van der Waals surface area contributed by atoms with Crippen LogP contribution in [-0.2, 0) is 13.1 Å². The third-order valence-electron chi connectivity index (χ3n) is 3.23. The predicted molar refractivity (Wildman–Crippen MR) is 85.0 cm³/mol. The number of fused-ring (bicyclic) bond motifs is 1. The number of rotatable bonds is 4. The summed E-state index contributed by atoms with van der Waals surface area (Å²) in [4.78, 5) is 6.60. The molecule has 5 heteroatoms. The number of benzene rings is 2. The standard InChI is InChI=1S/C16H16ClN3O/c1-20(9-11-2-4-12(17)5-3-11)10-16-19-14-7-6-13(18)8-15(14)21-16/h2-8H,9-10,18H2,1H3. The van der Waals surface area contributed by atoms with Gasteiger partial charge >= 0.3 is 0 Å². The van der Waals surface area contributed by atoms with Crippen LogP contribution in [0.15, 0.2) is 46.9 Å². The first-order chi connectivity index (χ1) is 10.1. The maximum absolute atomic E-state index is 5.89. The fraction of sp³-hybridized carbons (Fsp3) is 0.188. The van der Waals surface area contributed by atoms with Gasteiger partial charge in [-0.1, -0.05) is 23.7 Å². The Kier molecular flexibility index (Phi) is 3.82. The molecule has 0 saturated carbocycles. The molecule has 0 aliphatic carbocycles. The second kappa shape index (κ2) is 5.76. The number of nitrogen functional groups attached to an aromatic ring is 1. The smallest absolute Gasteiger partial charge is 0.209 e. The van der Waals surface area contributed by atoms with Crippen molar-refractivity contribution in [3.63, 3.8) is 0 Å². The topological polar surface area (TPSA) is 55.3 Å². The molecule has 0 atom stereocenters. The molecule has 0 bridgehead atoms. The molecular weight excluding hydrogens is 286 g/mol. The summed E-state index contributed by atoms with van der Waals surface area (Å²) in [6.45, 7) is 1.44. The second-order valence-corrected chi connectivity index (χ2v) is 5.57. The van der Waals surface area contributed by atoms with Crippen molar-refractivity contribution in [3.8, 4) is 0 Å². The predicted octanol–water partition coefficient (Wildman–Crippen LogP) is 3.70. The van der Waals surface area contributed by atoms with Gasteiger partial charge in [0.15, 0.2) is 5.58 Å². The van der Waals surface area contributed by atoms with E-state index in [0.29, 0.717) is 18.1 Å². The number of hydrogen-bond donors (Lipinski definition) is 1. The minimum Gasteiger partial charge on any atom is -0.439 e. The molecule has 2 N–H and O–H groups in total. The van der Waals surface area contributed by atoms with Gasteiger partial charge in [0.2, 0.25) is 5.89 Å². The number of hydrogen-bond acceptors (Lipinski definition) is 4. The van der Waals surface area contributed by atoms with Crippen molar-refractivity contribution < 1.29 is 4.42 Å². The Morgan fingerprint density at radius 1 is 1.14 bits per heavy atom. The van der Waals surface area contributed by atoms with Crippen molar-refractivity contribution >= 4 is 28.4 Å². The summed E-state index contributed by atoms with van der Waals surface area (Å²) in [5.41, 5.74) is 9.18. The Hall–Kier alpha value is -2.04. The first-order valence-electron chi connectivity index (χ1n) is 6.68. The van der Waals surface area contributed by atoms with Gasteiger partial charge in [-0.25, -0.2) is 4.98 Å². The molecule has 3 aromatic rings. The second-order valence-electron chi connectivity index (χ2n) is 5.13. The van der Waals surface area contributed by atoms with Gasteiger partial charge < -0.3 is 10.2 Å². The van der Waals surface area contributed by atoms with Gasteiger partial charge in [-0.15, -0.1) is 0 Å². The molecule has 4 nitrogen and oxygen atoms in total. The van der Waals surface area contributed by atoms with Crippen LogP contribution in [-0.4, -0.2) is 16.9 Å². The van der Waals surface area contributed by atoms with Crippen LogP contribution in [0.1, 0.15) is 11.5 Å². The maximum atomic E-state index is 5.89. The average Bonchev–Trinajstić information content (AvgIpc) is 2.82. The van der Waals surface area contributed by atoms with E-state index < -0.39 is 0 Å². The molecule has 0 spiro atoms. The number of halogens is 1. The monoisotopic (exact) mass is 301 g/mol. The van der Waals surface area contributed by atoms with E-state index in [0.717, 1.165) is 22.7 Å². The van der Waals surface area contributed by atoms with E-state index in [4.69, 9.17) is 21.8 Å². The van der Waals surface area contributed by atoms with Crippen LogP contribution in [0.4, 0.5) is 5.69 Å². The number of oxazole rings is 1. The molecule has 0 aliphatic rings. The van der Waals surface area contributed by atoms with Gasteiger partial charge in [-0.05, 0) is 36.9 Å². The van der Waals surface area contributed by atoms with E-state index in [1.807, 2.05) is 43.4 Å². The molecule has 0 amide bonds. The Bertz CT molecular complexity index is 752. The third kappa shape index (κ3) is 3.35. The van der Waals surface area contributed by atoms with Crippen LogP contribution in [0.2, 0.25) is 5.02 Å². The Morgan fingerprint density at radius 3 is 2.67 bits per heavy atom. The van der Waals surface area contributed by atoms with Crippen molar-refractivity contribution in [1.82, 2.24) is 9.88 Å². The van der Waals surface area contributed by atoms with Crippen LogP contribution in [0.5, 0.6) is 0 Å². The molecule has 2 aromatic carbocycles. The number of anilines is 1. The molecule has 0 radical (unpaired) electrons. The molecule has 1 aromatic heterocycles. The van der Waals surface area contributed by atoms with Crippen LogP contribution < -0.4 is 5.73 Å². The van der Waals surface area contributed by atoms with Crippen LogP contribution in [0, 0.1) is 0 Å². The van der Waals surface area contributed by atoms with Gasteiger partial charge in [0.25, 0.3) is 0 Å². The number of nitrogens with zero attached hydrogens (tertiary/aromatic N) is 2. The van der Waals surface area contributed by atoms with Crippen molar-refractivity contribution in [2.24, 2.45) is 0 Å². The van der Waals surface area contributed by atoms with Crippen LogP contribution in [0.3, 0.4) is 0 Å². The number of aromatic nitrogens is 1. The molecule has 3 rings (SSSR count). The first kappa shape index (κ1) is 13.9. The molecule has 108 valence electrons. The Morgan fingerprint density at radius 2 is 1.90 bits per heavy atom. The van der Waals surface area contributed by atoms with Crippen molar-refractivity contribution in [3.05, 3.63) is 58.9 Å². The van der Waals surface area contributed by atoms with E-state index in [1.165, 1.54) is 5.56 Å². The maximum Gasteiger partial charge on any atom is 0.209 e. The Balaban J connectivity index is 1.70. The zero-order valence-electron chi connectivity index (χ0n) is 11.7. The van der Waals surface area contributed by atoms with Gasteiger partial charge in [0, 0.05) is 23.3 Å². The van der Waals surface area contributed by atoms with E-state index in [1.54, 1.807) is 6.07 Å². The summed E-state index contributed by atoms with van der Waals surface area (Å²) in [7, 11) is 2.03. The van der Waals surface area contributed by atoms with Crippen molar-refractivity contribution in [2.75, 3.05) is 12.8 Å². The summed E-state index contributed by atoms with van der Waals surface area (Å²) >= 11 is 5.89. The highest BCUT2D eigenvalue weighted by Crippen LogP contribution is 2.19. The summed E-state index contributed by atoms with van der Waals surface area (Å²) in [6, 6.07) is 13.3. The van der Waals surface area contributed by atoms with E-state index >= 15 is 0 Å². The fourth-order valence-electron chi connectivity index (χ4n) is 2.24. The highest BCUT2D eigenvalue weighted by molar-refractivity contribution is 6.30. The summed E-state index contributed by atoms with van der Waals surface area (Å²) in [5, 5.41) is 0.748. The lowest BCUT2D eigenvalue weighted by atomic mass is 10.2. The fourth-order valence-corrected chi connectivity index (χ4v) is 2.37. The summed E-state index contributed by atoms with van der Waals surface area (Å²) in [5.74, 6) is 0.687. The average molecular weight is 302 g/mol. The zero-order chi connectivity index (χ0) is 14.8. The van der Waals surface area contributed by atoms with E-state index in [2.05, 4.69) is 9.88 Å². The minimum atomic E-state index is 0.636. The molecule has 21 heavy (non-hydrogen) atoms. The quantitative estimate of drug-likeness (QED) is 0.747. The van der Waals surface area contributed by atoms with Crippen molar-refractivity contribution in [1.29, 1.82) is 0 Å². The summed E-state index contributed by atoms with van der Waals surface area (Å²) < 4.78 is 5.72. The largest absolute Gasteiger partial charge is 0.439 e. The van der Waals surface area contributed by atoms with Crippen molar-refractivity contribution in [2.45, 2.75) is 13.1 Å². The lowest BCUT2D eigenvalue weighted by Gasteiger charge is -2.14. The summed E-state index contributed by atoms with van der Waals surface area (Å²) in [6.07, 6.45) is 0. The highest BCUT2D eigenvalue weighted by Gasteiger charge is 2.09.